The Morgan fingerprint density at radius 3 is 2.70 bits per heavy atom. The van der Waals surface area contributed by atoms with Crippen molar-refractivity contribution < 1.29 is 14.6 Å². The Kier molecular flexibility index (Phi) is 5.76. The molecule has 0 bridgehead atoms. The molecule has 0 fully saturated rings. The molecule has 0 atom stereocenters. The summed E-state index contributed by atoms with van der Waals surface area (Å²) in [5, 5.41) is 13.7. The number of benzene rings is 2. The fraction of sp³-hybridized carbons (Fsp3) is 0.176. The van der Waals surface area contributed by atoms with E-state index in [4.69, 9.17) is 4.74 Å². The van der Waals surface area contributed by atoms with Gasteiger partial charge in [0.2, 0.25) is 5.91 Å². The van der Waals surface area contributed by atoms with E-state index in [0.29, 0.717) is 15.8 Å². The minimum Gasteiger partial charge on any atom is -0.503 e. The number of carbonyl (C=O) groups is 1. The van der Waals surface area contributed by atoms with Crippen molar-refractivity contribution in [1.82, 2.24) is 5.43 Å². The standard InChI is InChI=1S/C17H17BrN2O3/c1-11-3-5-12(6-4-11)9-16(21)20-19-10-13-7-14(18)17(22)15(8-13)23-2/h3-8,10,22H,9H2,1-2H3,(H,20,21)/b19-10+. The number of rotatable bonds is 5. The van der Waals surface area contributed by atoms with E-state index in [9.17, 15) is 9.90 Å². The Bertz CT molecular complexity index is 727. The van der Waals surface area contributed by atoms with E-state index < -0.39 is 0 Å². The molecule has 0 radical (unpaired) electrons. The highest BCUT2D eigenvalue weighted by molar-refractivity contribution is 9.10. The summed E-state index contributed by atoms with van der Waals surface area (Å²) < 4.78 is 5.54. The van der Waals surface area contributed by atoms with Crippen LogP contribution in [0, 0.1) is 6.92 Å². The average molecular weight is 377 g/mol. The summed E-state index contributed by atoms with van der Waals surface area (Å²) in [5.74, 6) is 0.148. The maximum atomic E-state index is 11.8. The number of amides is 1. The molecular weight excluding hydrogens is 360 g/mol. The summed E-state index contributed by atoms with van der Waals surface area (Å²) in [7, 11) is 1.46. The van der Waals surface area contributed by atoms with Crippen molar-refractivity contribution in [3.05, 3.63) is 57.6 Å². The molecule has 120 valence electrons. The normalized spacial score (nSPS) is 10.7. The number of nitrogens with one attached hydrogen (secondary N) is 1. The molecule has 0 heterocycles. The Balaban J connectivity index is 1.97. The molecule has 2 rings (SSSR count). The molecule has 1 amide bonds. The number of carbonyl (C=O) groups excluding carboxylic acids is 1. The van der Waals surface area contributed by atoms with Crippen LogP contribution in [0.15, 0.2) is 46.0 Å². The van der Waals surface area contributed by atoms with Crippen molar-refractivity contribution in [1.29, 1.82) is 0 Å². The third-order valence-corrected chi connectivity index (χ3v) is 3.76. The second kappa shape index (κ2) is 7.78. The predicted octanol–water partition coefficient (Wildman–Crippen LogP) is 3.16. The molecule has 2 N–H and O–H groups in total. The summed E-state index contributed by atoms with van der Waals surface area (Å²) in [6.07, 6.45) is 1.75. The quantitative estimate of drug-likeness (QED) is 0.621. The van der Waals surface area contributed by atoms with E-state index in [1.165, 1.54) is 13.3 Å². The smallest absolute Gasteiger partial charge is 0.244 e. The van der Waals surface area contributed by atoms with Crippen LogP contribution < -0.4 is 10.2 Å². The number of phenolic OH excluding ortho intramolecular Hbond substituents is 1. The first-order valence-electron chi connectivity index (χ1n) is 6.93. The Morgan fingerprint density at radius 2 is 2.04 bits per heavy atom. The zero-order valence-corrected chi connectivity index (χ0v) is 14.4. The van der Waals surface area contributed by atoms with Crippen LogP contribution in [0.4, 0.5) is 0 Å². The topological polar surface area (TPSA) is 70.9 Å². The fourth-order valence-electron chi connectivity index (χ4n) is 1.93. The lowest BCUT2D eigenvalue weighted by Crippen LogP contribution is -2.19. The van der Waals surface area contributed by atoms with Crippen molar-refractivity contribution >= 4 is 28.1 Å². The lowest BCUT2D eigenvalue weighted by molar-refractivity contribution is -0.120. The molecule has 0 aliphatic rings. The first-order valence-corrected chi connectivity index (χ1v) is 7.73. The van der Waals surface area contributed by atoms with Gasteiger partial charge in [-0.2, -0.15) is 5.10 Å². The van der Waals surface area contributed by atoms with Crippen LogP contribution >= 0.6 is 15.9 Å². The summed E-state index contributed by atoms with van der Waals surface area (Å²) in [5.41, 5.74) is 5.24. The molecule has 5 nitrogen and oxygen atoms in total. The highest BCUT2D eigenvalue weighted by Gasteiger charge is 2.07. The molecule has 0 saturated heterocycles. The van der Waals surface area contributed by atoms with E-state index in [1.54, 1.807) is 12.1 Å². The van der Waals surface area contributed by atoms with Gasteiger partial charge >= 0.3 is 0 Å². The first kappa shape index (κ1) is 17.0. The van der Waals surface area contributed by atoms with Gasteiger partial charge in [0.25, 0.3) is 0 Å². The van der Waals surface area contributed by atoms with Crippen LogP contribution in [0.25, 0.3) is 0 Å². The molecule has 2 aromatic carbocycles. The van der Waals surface area contributed by atoms with Crippen molar-refractivity contribution in [2.45, 2.75) is 13.3 Å². The van der Waals surface area contributed by atoms with Gasteiger partial charge in [0.15, 0.2) is 11.5 Å². The maximum absolute atomic E-state index is 11.8. The summed E-state index contributed by atoms with van der Waals surface area (Å²) in [6.45, 7) is 2.00. The zero-order valence-electron chi connectivity index (χ0n) is 12.8. The van der Waals surface area contributed by atoms with Gasteiger partial charge in [-0.25, -0.2) is 5.43 Å². The number of methoxy groups -OCH3 is 1. The van der Waals surface area contributed by atoms with Crippen molar-refractivity contribution in [2.75, 3.05) is 7.11 Å². The molecule has 2 aromatic rings. The number of ether oxygens (including phenoxy) is 1. The predicted molar refractivity (Wildman–Crippen MR) is 93.0 cm³/mol. The van der Waals surface area contributed by atoms with Gasteiger partial charge in [-0.05, 0) is 46.1 Å². The molecule has 6 heteroatoms. The lowest BCUT2D eigenvalue weighted by atomic mass is 10.1. The number of halogens is 1. The van der Waals surface area contributed by atoms with Crippen LogP contribution in [0.2, 0.25) is 0 Å². The third kappa shape index (κ3) is 4.82. The molecule has 0 unspecified atom stereocenters. The van der Waals surface area contributed by atoms with Crippen molar-refractivity contribution in [3.63, 3.8) is 0 Å². The van der Waals surface area contributed by atoms with Crippen LogP contribution in [-0.2, 0) is 11.2 Å². The van der Waals surface area contributed by atoms with E-state index in [1.807, 2.05) is 31.2 Å². The minimum atomic E-state index is -0.199. The molecular formula is C17H17BrN2O3. The SMILES string of the molecule is COc1cc(/C=N/NC(=O)Cc2ccc(C)cc2)cc(Br)c1O. The van der Waals surface area contributed by atoms with Crippen LogP contribution in [0.1, 0.15) is 16.7 Å². The van der Waals surface area contributed by atoms with E-state index in [2.05, 4.69) is 26.5 Å². The van der Waals surface area contributed by atoms with Crippen LogP contribution in [-0.4, -0.2) is 24.3 Å². The molecule has 0 saturated carbocycles. The molecule has 0 aliphatic carbocycles. The van der Waals surface area contributed by atoms with Gasteiger partial charge < -0.3 is 9.84 Å². The highest BCUT2D eigenvalue weighted by Crippen LogP contribution is 2.34. The lowest BCUT2D eigenvalue weighted by Gasteiger charge is -2.06. The Morgan fingerprint density at radius 1 is 1.35 bits per heavy atom. The summed E-state index contributed by atoms with van der Waals surface area (Å²) >= 11 is 3.23. The monoisotopic (exact) mass is 376 g/mol. The summed E-state index contributed by atoms with van der Waals surface area (Å²) in [6, 6.07) is 11.1. The largest absolute Gasteiger partial charge is 0.503 e. The second-order valence-electron chi connectivity index (χ2n) is 5.01. The average Bonchev–Trinajstić information content (AvgIpc) is 2.53. The zero-order chi connectivity index (χ0) is 16.8. The number of nitrogens with zero attached hydrogens (tertiary/aromatic N) is 1. The summed E-state index contributed by atoms with van der Waals surface area (Å²) in [4.78, 5) is 11.8. The van der Waals surface area contributed by atoms with Gasteiger partial charge in [-0.3, -0.25) is 4.79 Å². The fourth-order valence-corrected chi connectivity index (χ4v) is 2.39. The van der Waals surface area contributed by atoms with Gasteiger partial charge in [0.1, 0.15) is 0 Å². The Hall–Kier alpha value is -2.34. The number of aryl methyl sites for hydroxylation is 1. The molecule has 0 aromatic heterocycles. The first-order chi connectivity index (χ1) is 11.0. The van der Waals surface area contributed by atoms with E-state index in [-0.39, 0.29) is 18.1 Å². The molecule has 0 aliphatic heterocycles. The van der Waals surface area contributed by atoms with E-state index in [0.717, 1.165) is 11.1 Å². The van der Waals surface area contributed by atoms with E-state index >= 15 is 0 Å². The number of hydrogen-bond donors (Lipinski definition) is 2. The number of phenols is 1. The number of hydrogen-bond acceptors (Lipinski definition) is 4. The molecule has 23 heavy (non-hydrogen) atoms. The van der Waals surface area contributed by atoms with Crippen LogP contribution in [0.3, 0.4) is 0 Å². The van der Waals surface area contributed by atoms with Gasteiger partial charge in [0, 0.05) is 0 Å². The number of hydrazone groups is 1. The van der Waals surface area contributed by atoms with Crippen LogP contribution in [0.5, 0.6) is 11.5 Å². The van der Waals surface area contributed by atoms with Gasteiger partial charge in [-0.15, -0.1) is 0 Å². The highest BCUT2D eigenvalue weighted by atomic mass is 79.9. The maximum Gasteiger partial charge on any atom is 0.244 e. The third-order valence-electron chi connectivity index (χ3n) is 3.16. The minimum absolute atomic E-state index is 0.0213. The molecule has 0 spiro atoms. The second-order valence-corrected chi connectivity index (χ2v) is 5.86. The van der Waals surface area contributed by atoms with Gasteiger partial charge in [0.05, 0.1) is 24.2 Å². The van der Waals surface area contributed by atoms with Crippen molar-refractivity contribution in [2.24, 2.45) is 5.10 Å². The van der Waals surface area contributed by atoms with Gasteiger partial charge in [-0.1, -0.05) is 29.8 Å². The van der Waals surface area contributed by atoms with Crippen molar-refractivity contribution in [3.8, 4) is 11.5 Å². The number of aromatic hydroxyl groups is 1. The Labute approximate surface area is 143 Å².